The number of carbonyl (C=O) groups excluding carboxylic acids is 2. The molecule has 0 heterocycles. The Kier molecular flexibility index (Phi) is 6.72. The molecule has 0 atom stereocenters. The summed E-state index contributed by atoms with van der Waals surface area (Å²) in [5.41, 5.74) is 0. The number of ether oxygens (including phenoxy) is 1. The molecule has 0 aromatic heterocycles. The number of nitrogens with one attached hydrogen (secondary N) is 2. The van der Waals surface area contributed by atoms with Crippen LogP contribution in [0.2, 0.25) is 0 Å². The Morgan fingerprint density at radius 1 is 1.12 bits per heavy atom. The van der Waals surface area contributed by atoms with Crippen LogP contribution in [0.3, 0.4) is 0 Å². The van der Waals surface area contributed by atoms with Crippen LogP contribution in [0.25, 0.3) is 10.8 Å². The van der Waals surface area contributed by atoms with Gasteiger partial charge < -0.3 is 10.1 Å². The summed E-state index contributed by atoms with van der Waals surface area (Å²) < 4.78 is 31.7. The van der Waals surface area contributed by atoms with Gasteiger partial charge in [0.1, 0.15) is 0 Å². The summed E-state index contributed by atoms with van der Waals surface area (Å²) in [6.45, 7) is -0.556. The van der Waals surface area contributed by atoms with Crippen molar-refractivity contribution in [2.45, 2.75) is 11.3 Å². The molecule has 7 nitrogen and oxygen atoms in total. The highest BCUT2D eigenvalue weighted by Crippen LogP contribution is 2.18. The zero-order valence-corrected chi connectivity index (χ0v) is 14.7. The van der Waals surface area contributed by atoms with E-state index in [1.165, 1.54) is 6.07 Å². The van der Waals surface area contributed by atoms with Gasteiger partial charge >= 0.3 is 5.97 Å². The van der Waals surface area contributed by atoms with Gasteiger partial charge in [0, 0.05) is 6.54 Å². The van der Waals surface area contributed by atoms with Gasteiger partial charge in [-0.3, -0.25) is 9.59 Å². The number of hydrogen-bond donors (Lipinski definition) is 2. The lowest BCUT2D eigenvalue weighted by Gasteiger charge is -2.08. The van der Waals surface area contributed by atoms with Crippen molar-refractivity contribution in [3.05, 3.63) is 42.5 Å². The lowest BCUT2D eigenvalue weighted by molar-refractivity contribution is -0.148. The summed E-state index contributed by atoms with van der Waals surface area (Å²) in [7, 11) is -3.75. The van der Waals surface area contributed by atoms with E-state index in [0.29, 0.717) is 0 Å². The smallest absolute Gasteiger partial charge is 0.307 e. The molecule has 2 aromatic carbocycles. The number of carbonyl (C=O) groups is 2. The van der Waals surface area contributed by atoms with Crippen LogP contribution in [0.4, 0.5) is 0 Å². The van der Waals surface area contributed by atoms with Crippen molar-refractivity contribution in [1.29, 1.82) is 0 Å². The fourth-order valence-electron chi connectivity index (χ4n) is 2.12. The molecule has 2 N–H and O–H groups in total. The zero-order chi connectivity index (χ0) is 19.0. The van der Waals surface area contributed by atoms with Crippen molar-refractivity contribution in [3.8, 4) is 12.3 Å². The van der Waals surface area contributed by atoms with Gasteiger partial charge in [0.05, 0.1) is 17.9 Å². The van der Waals surface area contributed by atoms with E-state index in [-0.39, 0.29) is 24.4 Å². The van der Waals surface area contributed by atoms with E-state index in [1.807, 2.05) is 24.3 Å². The minimum Gasteiger partial charge on any atom is -0.456 e. The van der Waals surface area contributed by atoms with Crippen molar-refractivity contribution in [2.24, 2.45) is 0 Å². The minimum atomic E-state index is -3.75. The van der Waals surface area contributed by atoms with E-state index in [0.717, 1.165) is 10.8 Å². The molecule has 26 heavy (non-hydrogen) atoms. The van der Waals surface area contributed by atoms with Gasteiger partial charge in [-0.15, -0.1) is 6.42 Å². The molecule has 136 valence electrons. The van der Waals surface area contributed by atoms with E-state index in [9.17, 15) is 18.0 Å². The van der Waals surface area contributed by atoms with Gasteiger partial charge in [-0.1, -0.05) is 36.3 Å². The fraction of sp³-hybridized carbons (Fsp3) is 0.222. The molecule has 1 amide bonds. The first-order chi connectivity index (χ1) is 12.4. The van der Waals surface area contributed by atoms with E-state index in [1.54, 1.807) is 12.1 Å². The normalized spacial score (nSPS) is 10.9. The van der Waals surface area contributed by atoms with Crippen LogP contribution in [0.5, 0.6) is 0 Å². The monoisotopic (exact) mass is 374 g/mol. The van der Waals surface area contributed by atoms with Crippen molar-refractivity contribution >= 4 is 32.7 Å². The molecule has 0 fully saturated rings. The summed E-state index contributed by atoms with van der Waals surface area (Å²) in [4.78, 5) is 22.9. The van der Waals surface area contributed by atoms with Gasteiger partial charge in [0.15, 0.2) is 6.61 Å². The molecule has 0 radical (unpaired) electrons. The molecule has 0 spiro atoms. The van der Waals surface area contributed by atoms with Gasteiger partial charge in [0.25, 0.3) is 5.91 Å². The molecule has 0 unspecified atom stereocenters. The van der Waals surface area contributed by atoms with Crippen LogP contribution in [-0.2, 0) is 24.3 Å². The van der Waals surface area contributed by atoms with Crippen molar-refractivity contribution in [1.82, 2.24) is 10.0 Å². The first-order valence-electron chi connectivity index (χ1n) is 7.76. The molecule has 2 rings (SSSR count). The molecule has 0 aliphatic heterocycles. The number of sulfonamides is 1. The molecule has 8 heteroatoms. The molecule has 0 aliphatic rings. The Morgan fingerprint density at radius 3 is 2.58 bits per heavy atom. The first-order valence-corrected chi connectivity index (χ1v) is 9.25. The molecule has 2 aromatic rings. The second kappa shape index (κ2) is 8.99. The van der Waals surface area contributed by atoms with E-state index in [4.69, 9.17) is 11.2 Å². The Balaban J connectivity index is 1.84. The SMILES string of the molecule is C#CCNC(=O)COC(=O)CCNS(=O)(=O)c1ccc2ccccc2c1. The predicted octanol–water partition coefficient (Wildman–Crippen LogP) is 0.801. The number of rotatable bonds is 8. The number of fused-ring (bicyclic) bond motifs is 1. The number of esters is 1. The highest BCUT2D eigenvalue weighted by Gasteiger charge is 2.15. The van der Waals surface area contributed by atoms with Crippen molar-refractivity contribution in [3.63, 3.8) is 0 Å². The van der Waals surface area contributed by atoms with Gasteiger partial charge in [-0.05, 0) is 22.9 Å². The standard InChI is InChI=1S/C18H18N2O5S/c1-2-10-19-17(21)13-25-18(22)9-11-20-26(23,24)16-8-7-14-5-3-4-6-15(14)12-16/h1,3-8,12,20H,9-11,13H2,(H,19,21). The van der Waals surface area contributed by atoms with Crippen LogP contribution in [0.15, 0.2) is 47.4 Å². The summed E-state index contributed by atoms with van der Waals surface area (Å²) >= 11 is 0. The number of amides is 1. The van der Waals surface area contributed by atoms with Crippen LogP contribution in [0.1, 0.15) is 6.42 Å². The van der Waals surface area contributed by atoms with E-state index >= 15 is 0 Å². The van der Waals surface area contributed by atoms with Crippen LogP contribution in [-0.4, -0.2) is 40.0 Å². The average molecular weight is 374 g/mol. The van der Waals surface area contributed by atoms with Crippen molar-refractivity contribution < 1.29 is 22.7 Å². The maximum Gasteiger partial charge on any atom is 0.307 e. The molecule has 0 saturated heterocycles. The largest absolute Gasteiger partial charge is 0.456 e. The Bertz CT molecular complexity index is 947. The summed E-state index contributed by atoms with van der Waals surface area (Å²) in [6.07, 6.45) is 4.78. The Labute approximate surface area is 151 Å². The molecule has 0 saturated carbocycles. The summed E-state index contributed by atoms with van der Waals surface area (Å²) in [5.74, 6) is 1.00. The third-order valence-corrected chi connectivity index (χ3v) is 4.86. The topological polar surface area (TPSA) is 102 Å². The van der Waals surface area contributed by atoms with Gasteiger partial charge in [-0.25, -0.2) is 13.1 Å². The highest BCUT2D eigenvalue weighted by atomic mass is 32.2. The van der Waals surface area contributed by atoms with E-state index < -0.39 is 28.5 Å². The summed E-state index contributed by atoms with van der Waals surface area (Å²) in [6, 6.07) is 12.2. The Morgan fingerprint density at radius 2 is 1.85 bits per heavy atom. The van der Waals surface area contributed by atoms with Crippen LogP contribution >= 0.6 is 0 Å². The second-order valence-electron chi connectivity index (χ2n) is 5.30. The van der Waals surface area contributed by atoms with E-state index in [2.05, 4.69) is 16.0 Å². The van der Waals surface area contributed by atoms with Crippen molar-refractivity contribution in [2.75, 3.05) is 19.7 Å². The van der Waals surface area contributed by atoms with Crippen LogP contribution < -0.4 is 10.0 Å². The maximum absolute atomic E-state index is 12.3. The zero-order valence-electron chi connectivity index (χ0n) is 13.9. The molecule has 0 bridgehead atoms. The minimum absolute atomic E-state index is 0.0436. The number of terminal acetylenes is 1. The first kappa shape index (κ1) is 19.4. The number of hydrogen-bond acceptors (Lipinski definition) is 5. The molecular weight excluding hydrogens is 356 g/mol. The second-order valence-corrected chi connectivity index (χ2v) is 7.07. The summed E-state index contributed by atoms with van der Waals surface area (Å²) in [5, 5.41) is 4.07. The van der Waals surface area contributed by atoms with Crippen LogP contribution in [0, 0.1) is 12.3 Å². The third kappa shape index (κ3) is 5.58. The lowest BCUT2D eigenvalue weighted by Crippen LogP contribution is -2.30. The lowest BCUT2D eigenvalue weighted by atomic mass is 10.1. The van der Waals surface area contributed by atoms with Gasteiger partial charge in [0.2, 0.25) is 10.0 Å². The quantitative estimate of drug-likeness (QED) is 0.526. The number of benzene rings is 2. The maximum atomic E-state index is 12.3. The average Bonchev–Trinajstić information content (AvgIpc) is 2.64. The molecular formula is C18H18N2O5S. The van der Waals surface area contributed by atoms with Gasteiger partial charge in [-0.2, -0.15) is 0 Å². The fourth-order valence-corrected chi connectivity index (χ4v) is 3.19. The third-order valence-electron chi connectivity index (χ3n) is 3.40. The molecule has 0 aliphatic carbocycles. The Hall–Kier alpha value is -2.89. The predicted molar refractivity (Wildman–Crippen MR) is 96.6 cm³/mol. The highest BCUT2D eigenvalue weighted by molar-refractivity contribution is 7.89.